The number of fused-ring (bicyclic) bond motifs is 1. The molecular formula is C15H7BrClF2NO. The van der Waals surface area contributed by atoms with Gasteiger partial charge in [-0.05, 0) is 36.4 Å². The first-order valence-electron chi connectivity index (χ1n) is 5.91. The molecule has 0 atom stereocenters. The maximum atomic E-state index is 13.8. The Bertz CT molecular complexity index is 841. The topological polar surface area (TPSA) is 22.1 Å². The van der Waals surface area contributed by atoms with Crippen molar-refractivity contribution in [3.05, 3.63) is 63.7 Å². The molecule has 21 heavy (non-hydrogen) atoms. The lowest BCUT2D eigenvalue weighted by atomic mass is 10.2. The van der Waals surface area contributed by atoms with Crippen LogP contribution in [0.15, 0.2) is 47.1 Å². The van der Waals surface area contributed by atoms with Crippen LogP contribution >= 0.6 is 27.5 Å². The molecule has 0 aliphatic heterocycles. The zero-order valence-corrected chi connectivity index (χ0v) is 12.8. The van der Waals surface area contributed by atoms with E-state index in [0.717, 1.165) is 6.07 Å². The van der Waals surface area contributed by atoms with Crippen LogP contribution < -0.4 is 4.74 Å². The smallest absolute Gasteiger partial charge is 0.201 e. The van der Waals surface area contributed by atoms with Gasteiger partial charge in [-0.1, -0.05) is 27.5 Å². The molecule has 0 amide bonds. The molecule has 6 heteroatoms. The summed E-state index contributed by atoms with van der Waals surface area (Å²) in [5, 5.41) is 1.19. The van der Waals surface area contributed by atoms with E-state index in [1.807, 2.05) is 0 Å². The Morgan fingerprint density at radius 1 is 1.05 bits per heavy atom. The second kappa shape index (κ2) is 5.58. The number of rotatable bonds is 2. The number of pyridine rings is 1. The molecule has 0 bridgehead atoms. The van der Waals surface area contributed by atoms with Crippen molar-refractivity contribution in [2.45, 2.75) is 0 Å². The van der Waals surface area contributed by atoms with Gasteiger partial charge in [0.1, 0.15) is 5.75 Å². The van der Waals surface area contributed by atoms with Gasteiger partial charge in [-0.2, -0.15) is 4.39 Å². The van der Waals surface area contributed by atoms with E-state index < -0.39 is 11.6 Å². The quantitative estimate of drug-likeness (QED) is 0.538. The summed E-state index contributed by atoms with van der Waals surface area (Å²) in [5.41, 5.74) is 0.607. The first kappa shape index (κ1) is 14.2. The van der Waals surface area contributed by atoms with Crippen molar-refractivity contribution < 1.29 is 13.5 Å². The minimum atomic E-state index is -1.04. The fraction of sp³-hybridized carbons (Fsp3) is 0. The van der Waals surface area contributed by atoms with Gasteiger partial charge in [0, 0.05) is 21.1 Å². The van der Waals surface area contributed by atoms with Crippen LogP contribution in [0.3, 0.4) is 0 Å². The van der Waals surface area contributed by atoms with E-state index >= 15 is 0 Å². The number of hydrogen-bond acceptors (Lipinski definition) is 2. The maximum absolute atomic E-state index is 13.8. The number of aromatic nitrogens is 1. The minimum absolute atomic E-state index is 0.204. The summed E-state index contributed by atoms with van der Waals surface area (Å²) in [7, 11) is 0. The molecule has 0 aliphatic carbocycles. The Labute approximate surface area is 132 Å². The van der Waals surface area contributed by atoms with Crippen LogP contribution in [0.4, 0.5) is 8.78 Å². The molecule has 0 spiro atoms. The standard InChI is InChI=1S/C15H7BrClF2NO/c16-8-5-11(18)15(19)14(6-8)21-13-3-4-20-12-7-9(17)1-2-10(12)13/h1-7H. The predicted molar refractivity (Wildman–Crippen MR) is 80.9 cm³/mol. The highest BCUT2D eigenvalue weighted by molar-refractivity contribution is 9.10. The number of benzene rings is 2. The summed E-state index contributed by atoms with van der Waals surface area (Å²) in [6.07, 6.45) is 1.51. The van der Waals surface area contributed by atoms with Crippen molar-refractivity contribution in [2.75, 3.05) is 0 Å². The third-order valence-electron chi connectivity index (χ3n) is 2.84. The highest BCUT2D eigenvalue weighted by Gasteiger charge is 2.13. The molecule has 3 aromatic rings. The zero-order valence-electron chi connectivity index (χ0n) is 10.4. The van der Waals surface area contributed by atoms with Crippen molar-refractivity contribution in [1.82, 2.24) is 4.98 Å². The van der Waals surface area contributed by atoms with Crippen LogP contribution in [0.25, 0.3) is 10.9 Å². The van der Waals surface area contributed by atoms with Gasteiger partial charge in [-0.25, -0.2) is 4.39 Å². The Morgan fingerprint density at radius 2 is 1.86 bits per heavy atom. The van der Waals surface area contributed by atoms with Crippen molar-refractivity contribution in [1.29, 1.82) is 0 Å². The number of ether oxygens (including phenoxy) is 1. The summed E-state index contributed by atoms with van der Waals surface area (Å²) in [5.74, 6) is -1.87. The number of halogens is 4. The first-order chi connectivity index (χ1) is 10.0. The Morgan fingerprint density at radius 3 is 2.67 bits per heavy atom. The normalized spacial score (nSPS) is 10.9. The van der Waals surface area contributed by atoms with Crippen LogP contribution in [0, 0.1) is 11.6 Å². The Balaban J connectivity index is 2.10. The molecule has 106 valence electrons. The first-order valence-corrected chi connectivity index (χ1v) is 7.08. The molecule has 1 heterocycles. The Kier molecular flexibility index (Phi) is 3.78. The SMILES string of the molecule is Fc1cc(Br)cc(Oc2ccnc3cc(Cl)ccc23)c1F. The van der Waals surface area contributed by atoms with E-state index in [0.29, 0.717) is 26.1 Å². The summed E-state index contributed by atoms with van der Waals surface area (Å²) < 4.78 is 33.1. The van der Waals surface area contributed by atoms with Crippen molar-refractivity contribution in [3.63, 3.8) is 0 Å². The lowest BCUT2D eigenvalue weighted by Crippen LogP contribution is -1.93. The van der Waals surface area contributed by atoms with Crippen molar-refractivity contribution in [2.24, 2.45) is 0 Å². The lowest BCUT2D eigenvalue weighted by Gasteiger charge is -2.10. The van der Waals surface area contributed by atoms with E-state index in [1.54, 1.807) is 24.3 Å². The van der Waals surface area contributed by atoms with E-state index in [9.17, 15) is 8.78 Å². The molecule has 0 unspecified atom stereocenters. The summed E-state index contributed by atoms with van der Waals surface area (Å²) in [6.45, 7) is 0. The fourth-order valence-corrected chi connectivity index (χ4v) is 2.48. The molecule has 0 saturated carbocycles. The maximum Gasteiger partial charge on any atom is 0.201 e. The monoisotopic (exact) mass is 369 g/mol. The lowest BCUT2D eigenvalue weighted by molar-refractivity contribution is 0.418. The molecule has 1 aromatic heterocycles. The van der Waals surface area contributed by atoms with Gasteiger partial charge in [-0.15, -0.1) is 0 Å². The summed E-state index contributed by atoms with van der Waals surface area (Å²) in [4.78, 5) is 4.16. The average molecular weight is 371 g/mol. The van der Waals surface area contributed by atoms with Gasteiger partial charge < -0.3 is 4.74 Å². The third-order valence-corrected chi connectivity index (χ3v) is 3.54. The molecule has 2 nitrogen and oxygen atoms in total. The van der Waals surface area contributed by atoms with Gasteiger partial charge in [0.2, 0.25) is 5.82 Å². The summed E-state index contributed by atoms with van der Waals surface area (Å²) >= 11 is 9.00. The molecule has 3 rings (SSSR count). The fourth-order valence-electron chi connectivity index (χ4n) is 1.91. The van der Waals surface area contributed by atoms with Gasteiger partial charge in [0.25, 0.3) is 0 Å². The predicted octanol–water partition coefficient (Wildman–Crippen LogP) is 5.72. The van der Waals surface area contributed by atoms with E-state index in [4.69, 9.17) is 16.3 Å². The van der Waals surface area contributed by atoms with Gasteiger partial charge in [-0.3, -0.25) is 4.98 Å². The molecule has 0 radical (unpaired) electrons. The van der Waals surface area contributed by atoms with Gasteiger partial charge in [0.05, 0.1) is 5.52 Å². The molecule has 2 aromatic carbocycles. The molecule has 0 N–H and O–H groups in total. The second-order valence-electron chi connectivity index (χ2n) is 4.27. The van der Waals surface area contributed by atoms with Crippen LogP contribution in [-0.2, 0) is 0 Å². The minimum Gasteiger partial charge on any atom is -0.453 e. The van der Waals surface area contributed by atoms with Crippen LogP contribution in [-0.4, -0.2) is 4.98 Å². The highest BCUT2D eigenvalue weighted by atomic mass is 79.9. The second-order valence-corrected chi connectivity index (χ2v) is 5.62. The highest BCUT2D eigenvalue weighted by Crippen LogP contribution is 2.33. The Hall–Kier alpha value is -1.72. The van der Waals surface area contributed by atoms with Crippen LogP contribution in [0.2, 0.25) is 5.02 Å². The largest absolute Gasteiger partial charge is 0.453 e. The average Bonchev–Trinajstić information content (AvgIpc) is 2.44. The van der Waals surface area contributed by atoms with E-state index in [2.05, 4.69) is 20.9 Å². The van der Waals surface area contributed by atoms with E-state index in [-0.39, 0.29) is 5.75 Å². The molecule has 0 saturated heterocycles. The third kappa shape index (κ3) is 2.84. The zero-order chi connectivity index (χ0) is 15.0. The summed E-state index contributed by atoms with van der Waals surface area (Å²) in [6, 6.07) is 9.03. The van der Waals surface area contributed by atoms with Gasteiger partial charge >= 0.3 is 0 Å². The molecule has 0 fully saturated rings. The van der Waals surface area contributed by atoms with Crippen LogP contribution in [0.5, 0.6) is 11.5 Å². The van der Waals surface area contributed by atoms with E-state index in [1.165, 1.54) is 12.3 Å². The van der Waals surface area contributed by atoms with Crippen LogP contribution in [0.1, 0.15) is 0 Å². The number of nitrogens with zero attached hydrogens (tertiary/aromatic N) is 1. The molecular weight excluding hydrogens is 364 g/mol. The van der Waals surface area contributed by atoms with Gasteiger partial charge in [0.15, 0.2) is 11.6 Å². The number of hydrogen-bond donors (Lipinski definition) is 0. The molecule has 0 aliphatic rings. The van der Waals surface area contributed by atoms with Crippen molar-refractivity contribution >= 4 is 38.4 Å². The van der Waals surface area contributed by atoms with Crippen molar-refractivity contribution in [3.8, 4) is 11.5 Å².